The van der Waals surface area contributed by atoms with Crippen molar-refractivity contribution in [3.8, 4) is 0 Å². The van der Waals surface area contributed by atoms with Crippen LogP contribution in [-0.2, 0) is 11.3 Å². The molecule has 0 aromatic heterocycles. The molecule has 3 rings (SSSR count). The van der Waals surface area contributed by atoms with Crippen LogP contribution in [0.2, 0.25) is 0 Å². The lowest BCUT2D eigenvalue weighted by Gasteiger charge is -2.37. The summed E-state index contributed by atoms with van der Waals surface area (Å²) in [6, 6.07) is 8.93. The van der Waals surface area contributed by atoms with Crippen LogP contribution in [0, 0.1) is 0 Å². The largest absolute Gasteiger partial charge is 0.478 e. The zero-order valence-electron chi connectivity index (χ0n) is 12.2. The van der Waals surface area contributed by atoms with Gasteiger partial charge in [-0.05, 0) is 36.6 Å². The smallest absolute Gasteiger partial charge is 0.328 e. The van der Waals surface area contributed by atoms with Crippen LogP contribution in [0.5, 0.6) is 0 Å². The number of piperazine rings is 1. The van der Waals surface area contributed by atoms with E-state index < -0.39 is 5.97 Å². The van der Waals surface area contributed by atoms with Gasteiger partial charge in [0.1, 0.15) is 0 Å². The number of rotatable bonds is 4. The van der Waals surface area contributed by atoms with Crippen molar-refractivity contribution in [2.45, 2.75) is 25.4 Å². The van der Waals surface area contributed by atoms with Crippen LogP contribution in [0.1, 0.15) is 24.0 Å². The summed E-state index contributed by atoms with van der Waals surface area (Å²) in [5.74, 6) is -0.909. The minimum atomic E-state index is -0.909. The van der Waals surface area contributed by atoms with Gasteiger partial charge in [0, 0.05) is 38.3 Å². The van der Waals surface area contributed by atoms with E-state index in [2.05, 4.69) is 21.9 Å². The van der Waals surface area contributed by atoms with E-state index >= 15 is 0 Å². The number of fused-ring (bicyclic) bond motifs is 1. The highest BCUT2D eigenvalue weighted by Crippen LogP contribution is 2.22. The SMILES string of the molecule is O=C(O)/C=C/c1ccc(CN2CCN3CCCC3C2)cc1. The molecule has 4 nitrogen and oxygen atoms in total. The standard InChI is InChI=1S/C17H22N2O2/c20-17(21)8-7-14-3-5-15(6-4-14)12-18-10-11-19-9-1-2-16(19)13-18/h3-8,16H,1-2,9-13H2,(H,20,21)/b8-7+. The van der Waals surface area contributed by atoms with Gasteiger partial charge in [0.05, 0.1) is 0 Å². The van der Waals surface area contributed by atoms with Crippen molar-refractivity contribution < 1.29 is 9.90 Å². The molecule has 112 valence electrons. The van der Waals surface area contributed by atoms with E-state index in [0.29, 0.717) is 0 Å². The fourth-order valence-corrected chi connectivity index (χ4v) is 3.36. The normalized spacial score (nSPS) is 23.5. The Morgan fingerprint density at radius 3 is 2.81 bits per heavy atom. The average molecular weight is 286 g/mol. The number of carbonyl (C=O) groups is 1. The number of aliphatic carboxylic acids is 1. The third-order valence-corrected chi connectivity index (χ3v) is 4.48. The molecule has 2 aliphatic rings. The topological polar surface area (TPSA) is 43.8 Å². The van der Waals surface area contributed by atoms with Crippen LogP contribution >= 0.6 is 0 Å². The first-order valence-electron chi connectivity index (χ1n) is 7.67. The molecule has 1 aromatic rings. The monoisotopic (exact) mass is 286 g/mol. The van der Waals surface area contributed by atoms with Crippen molar-refractivity contribution in [1.29, 1.82) is 0 Å². The molecule has 0 bridgehead atoms. The molecule has 21 heavy (non-hydrogen) atoms. The quantitative estimate of drug-likeness (QED) is 0.861. The molecule has 1 atom stereocenters. The van der Waals surface area contributed by atoms with Crippen molar-refractivity contribution >= 4 is 12.0 Å². The summed E-state index contributed by atoms with van der Waals surface area (Å²) < 4.78 is 0. The van der Waals surface area contributed by atoms with Gasteiger partial charge in [-0.3, -0.25) is 9.80 Å². The highest BCUT2D eigenvalue weighted by atomic mass is 16.4. The second-order valence-electron chi connectivity index (χ2n) is 5.98. The average Bonchev–Trinajstić information content (AvgIpc) is 2.94. The van der Waals surface area contributed by atoms with Crippen LogP contribution in [-0.4, -0.2) is 53.1 Å². The zero-order valence-corrected chi connectivity index (χ0v) is 12.2. The summed E-state index contributed by atoms with van der Waals surface area (Å²) >= 11 is 0. The molecule has 0 saturated carbocycles. The molecule has 0 spiro atoms. The number of hydrogen-bond acceptors (Lipinski definition) is 3. The van der Waals surface area contributed by atoms with Crippen molar-refractivity contribution in [3.05, 3.63) is 41.5 Å². The molecule has 4 heteroatoms. The number of benzene rings is 1. The summed E-state index contributed by atoms with van der Waals surface area (Å²) in [6.45, 7) is 5.80. The molecule has 0 amide bonds. The highest BCUT2D eigenvalue weighted by molar-refractivity contribution is 5.85. The first kappa shape index (κ1) is 14.3. The minimum absolute atomic E-state index is 0.761. The van der Waals surface area contributed by atoms with Crippen LogP contribution in [0.15, 0.2) is 30.3 Å². The van der Waals surface area contributed by atoms with E-state index in [0.717, 1.165) is 24.7 Å². The van der Waals surface area contributed by atoms with Crippen LogP contribution in [0.3, 0.4) is 0 Å². The van der Waals surface area contributed by atoms with Gasteiger partial charge < -0.3 is 5.11 Å². The van der Waals surface area contributed by atoms with Crippen molar-refractivity contribution in [2.24, 2.45) is 0 Å². The molecular weight excluding hydrogens is 264 g/mol. The van der Waals surface area contributed by atoms with Crippen LogP contribution in [0.25, 0.3) is 6.08 Å². The molecule has 2 aliphatic heterocycles. The summed E-state index contributed by atoms with van der Waals surface area (Å²) in [4.78, 5) is 15.7. The Balaban J connectivity index is 1.56. The second kappa shape index (κ2) is 6.41. The third-order valence-electron chi connectivity index (χ3n) is 4.48. The lowest BCUT2D eigenvalue weighted by atomic mass is 10.1. The Bertz CT molecular complexity index is 524. The zero-order chi connectivity index (χ0) is 14.7. The second-order valence-corrected chi connectivity index (χ2v) is 5.98. The minimum Gasteiger partial charge on any atom is -0.478 e. The first-order chi connectivity index (χ1) is 10.2. The van der Waals surface area contributed by atoms with Gasteiger partial charge in [-0.25, -0.2) is 4.79 Å². The van der Waals surface area contributed by atoms with Gasteiger partial charge >= 0.3 is 5.97 Å². The van der Waals surface area contributed by atoms with E-state index in [9.17, 15) is 4.79 Å². The maximum Gasteiger partial charge on any atom is 0.328 e. The molecule has 1 N–H and O–H groups in total. The predicted molar refractivity (Wildman–Crippen MR) is 83.0 cm³/mol. The van der Waals surface area contributed by atoms with E-state index in [1.54, 1.807) is 6.08 Å². The Labute approximate surface area is 125 Å². The molecule has 0 radical (unpaired) electrons. The molecule has 1 aromatic carbocycles. The van der Waals surface area contributed by atoms with Gasteiger partial charge in [-0.15, -0.1) is 0 Å². The Hall–Kier alpha value is -1.65. The summed E-state index contributed by atoms with van der Waals surface area (Å²) in [6.07, 6.45) is 5.50. The van der Waals surface area contributed by atoms with Gasteiger partial charge in [-0.1, -0.05) is 24.3 Å². The van der Waals surface area contributed by atoms with E-state index in [1.807, 2.05) is 12.1 Å². The van der Waals surface area contributed by atoms with E-state index in [-0.39, 0.29) is 0 Å². The van der Waals surface area contributed by atoms with Crippen molar-refractivity contribution in [1.82, 2.24) is 9.80 Å². The fourth-order valence-electron chi connectivity index (χ4n) is 3.36. The van der Waals surface area contributed by atoms with Gasteiger partial charge in [-0.2, -0.15) is 0 Å². The summed E-state index contributed by atoms with van der Waals surface area (Å²) in [5, 5.41) is 8.62. The Morgan fingerprint density at radius 1 is 1.24 bits per heavy atom. The van der Waals surface area contributed by atoms with E-state index in [1.165, 1.54) is 44.1 Å². The lowest BCUT2D eigenvalue weighted by Crippen LogP contribution is -2.49. The molecule has 2 heterocycles. The predicted octanol–water partition coefficient (Wildman–Crippen LogP) is 2.06. The summed E-state index contributed by atoms with van der Waals surface area (Å²) in [7, 11) is 0. The van der Waals surface area contributed by atoms with Crippen molar-refractivity contribution in [3.63, 3.8) is 0 Å². The lowest BCUT2D eigenvalue weighted by molar-refractivity contribution is -0.131. The van der Waals surface area contributed by atoms with Crippen LogP contribution < -0.4 is 0 Å². The molecule has 2 saturated heterocycles. The molecular formula is C17H22N2O2. The van der Waals surface area contributed by atoms with Gasteiger partial charge in [0.15, 0.2) is 0 Å². The number of carboxylic acid groups (broad SMARTS) is 1. The first-order valence-corrected chi connectivity index (χ1v) is 7.67. The van der Waals surface area contributed by atoms with Crippen molar-refractivity contribution in [2.75, 3.05) is 26.2 Å². The fraction of sp³-hybridized carbons (Fsp3) is 0.471. The van der Waals surface area contributed by atoms with E-state index in [4.69, 9.17) is 5.11 Å². The summed E-state index contributed by atoms with van der Waals surface area (Å²) in [5.41, 5.74) is 2.23. The number of carboxylic acids is 1. The Kier molecular flexibility index (Phi) is 4.36. The third kappa shape index (κ3) is 3.71. The number of nitrogens with zero attached hydrogens (tertiary/aromatic N) is 2. The van der Waals surface area contributed by atoms with Crippen LogP contribution in [0.4, 0.5) is 0 Å². The van der Waals surface area contributed by atoms with Gasteiger partial charge in [0.25, 0.3) is 0 Å². The van der Waals surface area contributed by atoms with Gasteiger partial charge in [0.2, 0.25) is 0 Å². The molecule has 2 fully saturated rings. The highest BCUT2D eigenvalue weighted by Gasteiger charge is 2.30. The molecule has 0 aliphatic carbocycles. The number of hydrogen-bond donors (Lipinski definition) is 1. The maximum atomic E-state index is 10.5. The Morgan fingerprint density at radius 2 is 2.05 bits per heavy atom. The molecule has 1 unspecified atom stereocenters. The maximum absolute atomic E-state index is 10.5.